The summed E-state index contributed by atoms with van der Waals surface area (Å²) in [6, 6.07) is 13.8. The Kier molecular flexibility index (Phi) is 4.39. The number of nitrogens with zero attached hydrogens (tertiary/aromatic N) is 3. The molecule has 160 valence electrons. The number of nitrogens with one attached hydrogen (secondary N) is 3. The van der Waals surface area contributed by atoms with Gasteiger partial charge in [-0.25, -0.2) is 14.4 Å². The number of fused-ring (bicyclic) bond motifs is 2. The first-order valence-corrected chi connectivity index (χ1v) is 10.7. The molecule has 0 amide bonds. The molecule has 0 unspecified atom stereocenters. The molecule has 0 aliphatic carbocycles. The summed E-state index contributed by atoms with van der Waals surface area (Å²) in [6.45, 7) is 2.01. The van der Waals surface area contributed by atoms with Gasteiger partial charge in [-0.1, -0.05) is 12.1 Å². The van der Waals surface area contributed by atoms with Gasteiger partial charge in [0.25, 0.3) is 0 Å². The Hall–Kier alpha value is -3.78. The van der Waals surface area contributed by atoms with Crippen molar-refractivity contribution in [1.82, 2.24) is 30.5 Å². The second-order valence-electron chi connectivity index (χ2n) is 8.21. The standard InChI is InChI=1S/C24H21FN6O/c25-15-10-14(11-16(32)12-15)17-2-1-3-19-21(17)29-24(28-19)23-22-20(30-31-23)5-4-18(27-22)13-6-8-26-9-7-13/h1-5,10-13,26,32H,6-9H2,(H,28,29)(H,30,31). The zero-order valence-electron chi connectivity index (χ0n) is 17.2. The maximum Gasteiger partial charge on any atom is 0.161 e. The van der Waals surface area contributed by atoms with Gasteiger partial charge >= 0.3 is 0 Å². The van der Waals surface area contributed by atoms with E-state index in [9.17, 15) is 9.50 Å². The minimum atomic E-state index is -0.499. The van der Waals surface area contributed by atoms with Crippen molar-refractivity contribution in [3.8, 4) is 28.4 Å². The summed E-state index contributed by atoms with van der Waals surface area (Å²) in [4.78, 5) is 13.1. The second-order valence-corrected chi connectivity index (χ2v) is 8.21. The number of hydrogen-bond acceptors (Lipinski definition) is 5. The Balaban J connectivity index is 1.47. The summed E-state index contributed by atoms with van der Waals surface area (Å²) in [7, 11) is 0. The second kappa shape index (κ2) is 7.42. The number of benzene rings is 2. The molecule has 8 heteroatoms. The van der Waals surface area contributed by atoms with Crippen molar-refractivity contribution in [2.75, 3.05) is 13.1 Å². The number of aromatic nitrogens is 5. The number of para-hydroxylation sites is 1. The van der Waals surface area contributed by atoms with E-state index in [4.69, 9.17) is 9.97 Å². The molecule has 1 aliphatic rings. The highest BCUT2D eigenvalue weighted by atomic mass is 19.1. The predicted octanol–water partition coefficient (Wildman–Crippen LogP) is 4.48. The van der Waals surface area contributed by atoms with Crippen LogP contribution in [0.1, 0.15) is 24.5 Å². The highest BCUT2D eigenvalue weighted by molar-refractivity contribution is 5.96. The quantitative estimate of drug-likeness (QED) is 0.339. The number of aromatic hydroxyl groups is 1. The molecule has 0 bridgehead atoms. The lowest BCUT2D eigenvalue weighted by atomic mass is 9.94. The number of imidazole rings is 1. The number of piperidine rings is 1. The third kappa shape index (κ3) is 3.20. The van der Waals surface area contributed by atoms with Crippen LogP contribution in [0.25, 0.3) is 44.7 Å². The van der Waals surface area contributed by atoms with Crippen LogP contribution in [0.3, 0.4) is 0 Å². The number of halogens is 1. The van der Waals surface area contributed by atoms with Crippen LogP contribution in [0.4, 0.5) is 4.39 Å². The molecule has 6 rings (SSSR count). The lowest BCUT2D eigenvalue weighted by molar-refractivity contribution is 0.454. The Morgan fingerprint density at radius 1 is 0.938 bits per heavy atom. The maximum atomic E-state index is 13.9. The summed E-state index contributed by atoms with van der Waals surface area (Å²) in [5, 5.41) is 20.8. The molecule has 4 heterocycles. The van der Waals surface area contributed by atoms with Gasteiger partial charge in [-0.2, -0.15) is 5.10 Å². The first-order chi connectivity index (χ1) is 15.7. The third-order valence-electron chi connectivity index (χ3n) is 6.12. The van der Waals surface area contributed by atoms with Crippen LogP contribution in [-0.4, -0.2) is 43.3 Å². The summed E-state index contributed by atoms with van der Waals surface area (Å²) < 4.78 is 13.9. The normalized spacial score (nSPS) is 15.0. The molecule has 0 atom stereocenters. The van der Waals surface area contributed by atoms with Gasteiger partial charge in [0.05, 0.1) is 16.6 Å². The van der Waals surface area contributed by atoms with Crippen LogP contribution in [0.5, 0.6) is 5.75 Å². The number of phenolic OH excluding ortho intramolecular Hbond substituents is 1. The Bertz CT molecular complexity index is 1430. The molecule has 1 aliphatic heterocycles. The SMILES string of the molecule is Oc1cc(F)cc(-c2cccc3[nH]c(-c4n[nH]c5ccc(C6CCNCC6)nc45)nc23)c1. The first-order valence-electron chi connectivity index (χ1n) is 10.7. The molecule has 0 spiro atoms. The first kappa shape index (κ1) is 18.9. The van der Waals surface area contributed by atoms with Gasteiger partial charge in [0.2, 0.25) is 0 Å². The summed E-state index contributed by atoms with van der Waals surface area (Å²) >= 11 is 0. The van der Waals surface area contributed by atoms with Gasteiger partial charge in [0.15, 0.2) is 11.5 Å². The van der Waals surface area contributed by atoms with Gasteiger partial charge in [-0.05, 0) is 61.8 Å². The van der Waals surface area contributed by atoms with Gasteiger partial charge in [0.1, 0.15) is 17.1 Å². The lowest BCUT2D eigenvalue weighted by Gasteiger charge is -2.22. The van der Waals surface area contributed by atoms with Crippen molar-refractivity contribution in [3.05, 3.63) is 60.0 Å². The van der Waals surface area contributed by atoms with Crippen molar-refractivity contribution < 1.29 is 9.50 Å². The van der Waals surface area contributed by atoms with Gasteiger partial charge in [-0.15, -0.1) is 0 Å². The fourth-order valence-corrected chi connectivity index (χ4v) is 4.53. The van der Waals surface area contributed by atoms with E-state index in [0.29, 0.717) is 28.5 Å². The van der Waals surface area contributed by atoms with Crippen LogP contribution in [0, 0.1) is 5.82 Å². The number of H-pyrrole nitrogens is 2. The van der Waals surface area contributed by atoms with Crippen molar-refractivity contribution in [3.63, 3.8) is 0 Å². The van der Waals surface area contributed by atoms with E-state index in [1.54, 1.807) is 0 Å². The van der Waals surface area contributed by atoms with Crippen LogP contribution in [-0.2, 0) is 0 Å². The zero-order valence-corrected chi connectivity index (χ0v) is 17.2. The van der Waals surface area contributed by atoms with Crippen LogP contribution in [0.2, 0.25) is 0 Å². The smallest absolute Gasteiger partial charge is 0.161 e. The molecule has 0 radical (unpaired) electrons. The van der Waals surface area contributed by atoms with E-state index < -0.39 is 5.82 Å². The molecular weight excluding hydrogens is 407 g/mol. The molecule has 1 fully saturated rings. The number of aromatic amines is 2. The van der Waals surface area contributed by atoms with Gasteiger partial charge in [0, 0.05) is 23.2 Å². The fourth-order valence-electron chi connectivity index (χ4n) is 4.53. The highest BCUT2D eigenvalue weighted by Crippen LogP contribution is 2.33. The molecule has 7 nitrogen and oxygen atoms in total. The van der Waals surface area contributed by atoms with Crippen molar-refractivity contribution in [1.29, 1.82) is 0 Å². The fraction of sp³-hybridized carbons (Fsp3) is 0.208. The summed E-state index contributed by atoms with van der Waals surface area (Å²) in [5.41, 5.74) is 6.13. The van der Waals surface area contributed by atoms with Crippen molar-refractivity contribution in [2.24, 2.45) is 0 Å². The maximum absolute atomic E-state index is 13.9. The van der Waals surface area contributed by atoms with E-state index in [0.717, 1.165) is 59.8 Å². The third-order valence-corrected chi connectivity index (χ3v) is 6.12. The van der Waals surface area contributed by atoms with E-state index >= 15 is 0 Å². The van der Waals surface area contributed by atoms with E-state index in [1.807, 2.05) is 24.3 Å². The predicted molar refractivity (Wildman–Crippen MR) is 121 cm³/mol. The van der Waals surface area contributed by atoms with Gasteiger partial charge < -0.3 is 15.4 Å². The van der Waals surface area contributed by atoms with Crippen LogP contribution >= 0.6 is 0 Å². The molecule has 5 aromatic rings. The van der Waals surface area contributed by atoms with Gasteiger partial charge in [-0.3, -0.25) is 5.10 Å². The minimum absolute atomic E-state index is 0.124. The topological polar surface area (TPSA) is 103 Å². The lowest BCUT2D eigenvalue weighted by Crippen LogP contribution is -2.27. The van der Waals surface area contributed by atoms with E-state index in [-0.39, 0.29) is 5.75 Å². The van der Waals surface area contributed by atoms with E-state index in [2.05, 4.69) is 26.6 Å². The highest BCUT2D eigenvalue weighted by Gasteiger charge is 2.20. The zero-order chi connectivity index (χ0) is 21.7. The summed E-state index contributed by atoms with van der Waals surface area (Å²) in [6.07, 6.45) is 2.14. The van der Waals surface area contributed by atoms with Crippen molar-refractivity contribution >= 4 is 22.1 Å². The van der Waals surface area contributed by atoms with Crippen LogP contribution in [0.15, 0.2) is 48.5 Å². The van der Waals surface area contributed by atoms with E-state index in [1.165, 1.54) is 12.1 Å². The molecule has 2 aromatic carbocycles. The Morgan fingerprint density at radius 2 is 1.81 bits per heavy atom. The molecular formula is C24H21FN6O. The minimum Gasteiger partial charge on any atom is -0.508 e. The summed E-state index contributed by atoms with van der Waals surface area (Å²) in [5.74, 6) is 0.405. The molecule has 0 saturated carbocycles. The Labute approximate surface area is 182 Å². The molecule has 3 aromatic heterocycles. The molecule has 32 heavy (non-hydrogen) atoms. The molecule has 1 saturated heterocycles. The molecule has 4 N–H and O–H groups in total. The largest absolute Gasteiger partial charge is 0.508 e. The number of phenols is 1. The Morgan fingerprint density at radius 3 is 2.66 bits per heavy atom. The average Bonchev–Trinajstić information content (AvgIpc) is 3.42. The number of pyridine rings is 1. The van der Waals surface area contributed by atoms with Crippen LogP contribution < -0.4 is 5.32 Å². The monoisotopic (exact) mass is 428 g/mol. The number of rotatable bonds is 3. The van der Waals surface area contributed by atoms with Crippen molar-refractivity contribution in [2.45, 2.75) is 18.8 Å². The average molecular weight is 428 g/mol. The number of hydrogen-bond donors (Lipinski definition) is 4.